The molecule has 9 nitrogen and oxygen atoms in total. The molecule has 4 aromatic rings. The molecule has 2 atom stereocenters. The van der Waals surface area contributed by atoms with Crippen LogP contribution in [0.2, 0.25) is 0 Å². The number of amides is 1. The van der Waals surface area contributed by atoms with E-state index in [0.717, 1.165) is 91.7 Å². The summed E-state index contributed by atoms with van der Waals surface area (Å²) >= 11 is 0. The zero-order valence-electron chi connectivity index (χ0n) is 23.9. The minimum Gasteiger partial charge on any atom is -0.364 e. The monoisotopic (exact) mass is 554 g/mol. The molecule has 2 fully saturated rings. The van der Waals surface area contributed by atoms with E-state index in [0.29, 0.717) is 12.1 Å². The van der Waals surface area contributed by atoms with Crippen molar-refractivity contribution in [2.75, 3.05) is 20.1 Å². The molecule has 0 bridgehead atoms. The fourth-order valence-corrected chi connectivity index (χ4v) is 6.23. The molecule has 2 N–H and O–H groups in total. The van der Waals surface area contributed by atoms with Gasteiger partial charge in [-0.1, -0.05) is 30.1 Å². The number of pyridine rings is 1. The molecule has 0 unspecified atom stereocenters. The van der Waals surface area contributed by atoms with E-state index in [1.54, 1.807) is 6.07 Å². The normalized spacial score (nSPS) is 18.9. The molecule has 41 heavy (non-hydrogen) atoms. The van der Waals surface area contributed by atoms with Crippen LogP contribution in [0, 0.1) is 18.3 Å². The van der Waals surface area contributed by atoms with Crippen LogP contribution in [0.1, 0.15) is 79.4 Å². The Hall–Kier alpha value is -3.85. The van der Waals surface area contributed by atoms with Crippen LogP contribution in [0.4, 0.5) is 0 Å². The van der Waals surface area contributed by atoms with Crippen LogP contribution in [0.25, 0.3) is 22.2 Å². The molecular weight excluding hydrogens is 516 g/mol. The minimum atomic E-state index is -0.212. The molecule has 1 saturated carbocycles. The van der Waals surface area contributed by atoms with Crippen LogP contribution in [0.5, 0.6) is 0 Å². The summed E-state index contributed by atoms with van der Waals surface area (Å²) in [5.41, 5.74) is 4.36. The average molecular weight is 555 g/mol. The fraction of sp³-hybridized carbons (Fsp3) is 0.469. The summed E-state index contributed by atoms with van der Waals surface area (Å²) in [6, 6.07) is 11.7. The number of fused-ring (bicyclic) bond motifs is 1. The highest BCUT2D eigenvalue weighted by Crippen LogP contribution is 2.59. The van der Waals surface area contributed by atoms with Crippen LogP contribution >= 0.6 is 0 Å². The van der Waals surface area contributed by atoms with E-state index < -0.39 is 0 Å². The van der Waals surface area contributed by atoms with E-state index in [9.17, 15) is 9.59 Å². The van der Waals surface area contributed by atoms with Crippen LogP contribution in [0.3, 0.4) is 0 Å². The third-order valence-corrected chi connectivity index (χ3v) is 8.98. The van der Waals surface area contributed by atoms with E-state index >= 15 is 0 Å². The first kappa shape index (κ1) is 27.3. The number of aromatic nitrogens is 4. The number of aryl methyl sites for hydroxylation is 1. The first-order chi connectivity index (χ1) is 19.9. The molecule has 1 amide bonds. The molecule has 3 aromatic heterocycles. The molecule has 9 heteroatoms. The van der Waals surface area contributed by atoms with Crippen molar-refractivity contribution in [3.8, 4) is 11.3 Å². The highest BCUT2D eigenvalue weighted by atomic mass is 16.5. The molecule has 1 aliphatic heterocycles. The lowest BCUT2D eigenvalue weighted by Crippen LogP contribution is -2.36. The number of nitrogens with one attached hydrogen (secondary N) is 2. The molecule has 1 saturated heterocycles. The van der Waals surface area contributed by atoms with E-state index in [4.69, 9.17) is 9.51 Å². The van der Waals surface area contributed by atoms with Crippen molar-refractivity contribution in [1.82, 2.24) is 30.3 Å². The third-order valence-electron chi connectivity index (χ3n) is 8.98. The van der Waals surface area contributed by atoms with Gasteiger partial charge in [0, 0.05) is 41.2 Å². The summed E-state index contributed by atoms with van der Waals surface area (Å²) in [5, 5.41) is 8.16. The Bertz CT molecular complexity index is 1520. The standard InChI is InChI=1S/C32H38N6O3/c1-21-8-9-22-18-23(10-11-25(22)34-21)28-20-33-30(35-28)27(6-4-3-5-7-29(39)26-12-17-41-37-26)36-31(40)24-19-32(24)13-15-38(2)16-14-32/h8-12,17-18,20,24,27H,3-7,13-16,19H2,1-2H3,(H,33,35)(H,36,40)/t24-,27+/m1/s1. The number of ketones is 1. The molecular formula is C32H38N6O3. The Kier molecular flexibility index (Phi) is 7.71. The van der Waals surface area contributed by atoms with Crippen molar-refractivity contribution >= 4 is 22.6 Å². The molecule has 6 rings (SSSR count). The van der Waals surface area contributed by atoms with E-state index in [1.807, 2.05) is 31.3 Å². The maximum Gasteiger partial charge on any atom is 0.224 e. The molecule has 214 valence electrons. The Morgan fingerprint density at radius 1 is 1.12 bits per heavy atom. The largest absolute Gasteiger partial charge is 0.364 e. The Labute approximate surface area is 240 Å². The number of likely N-dealkylation sites (tertiary alicyclic amines) is 1. The molecule has 1 aliphatic carbocycles. The maximum atomic E-state index is 13.5. The molecule has 1 spiro atoms. The van der Waals surface area contributed by atoms with Gasteiger partial charge < -0.3 is 19.7 Å². The second-order valence-electron chi connectivity index (χ2n) is 11.9. The van der Waals surface area contributed by atoms with Gasteiger partial charge in [-0.25, -0.2) is 4.98 Å². The van der Waals surface area contributed by atoms with Gasteiger partial charge in [-0.05, 0) is 82.8 Å². The van der Waals surface area contributed by atoms with Gasteiger partial charge in [-0.2, -0.15) is 0 Å². The molecule has 0 radical (unpaired) electrons. The fourth-order valence-electron chi connectivity index (χ4n) is 6.23. The number of carbonyl (C=O) groups excluding carboxylic acids is 2. The van der Waals surface area contributed by atoms with Gasteiger partial charge in [-0.15, -0.1) is 0 Å². The number of hydrogen-bond donors (Lipinski definition) is 2. The number of Topliss-reactive ketones (excluding diaryl/α,β-unsaturated/α-hetero) is 1. The zero-order valence-corrected chi connectivity index (χ0v) is 23.9. The predicted molar refractivity (Wildman–Crippen MR) is 156 cm³/mol. The van der Waals surface area contributed by atoms with Crippen molar-refractivity contribution in [3.05, 3.63) is 66.1 Å². The number of rotatable bonds is 11. The number of imidazole rings is 1. The van der Waals surface area contributed by atoms with Gasteiger partial charge in [0.2, 0.25) is 5.91 Å². The Morgan fingerprint density at radius 3 is 2.78 bits per heavy atom. The number of H-pyrrole nitrogens is 1. The van der Waals surface area contributed by atoms with Crippen LogP contribution < -0.4 is 5.32 Å². The van der Waals surface area contributed by atoms with Crippen molar-refractivity contribution in [2.24, 2.45) is 11.3 Å². The molecule has 4 heterocycles. The number of carbonyl (C=O) groups is 2. The first-order valence-corrected chi connectivity index (χ1v) is 14.8. The second-order valence-corrected chi connectivity index (χ2v) is 11.9. The van der Waals surface area contributed by atoms with E-state index in [-0.39, 0.29) is 29.1 Å². The molecule has 1 aromatic carbocycles. The summed E-state index contributed by atoms with van der Waals surface area (Å²) in [6.07, 6.45) is 10.2. The Morgan fingerprint density at radius 2 is 1.98 bits per heavy atom. The van der Waals surface area contributed by atoms with E-state index in [1.165, 1.54) is 6.26 Å². The number of unbranched alkanes of at least 4 members (excludes halogenated alkanes) is 2. The van der Waals surface area contributed by atoms with Crippen LogP contribution in [-0.4, -0.2) is 56.8 Å². The predicted octanol–water partition coefficient (Wildman–Crippen LogP) is 5.64. The number of benzene rings is 1. The summed E-state index contributed by atoms with van der Waals surface area (Å²) in [4.78, 5) is 41.0. The summed E-state index contributed by atoms with van der Waals surface area (Å²) in [6.45, 7) is 4.11. The smallest absolute Gasteiger partial charge is 0.224 e. The lowest BCUT2D eigenvalue weighted by Gasteiger charge is -2.30. The number of aromatic amines is 1. The lowest BCUT2D eigenvalue weighted by atomic mass is 9.91. The number of nitrogens with zero attached hydrogens (tertiary/aromatic N) is 4. The van der Waals surface area contributed by atoms with Gasteiger partial charge >= 0.3 is 0 Å². The van der Waals surface area contributed by atoms with Crippen molar-refractivity contribution in [2.45, 2.75) is 64.3 Å². The molecule has 2 aliphatic rings. The highest BCUT2D eigenvalue weighted by molar-refractivity contribution is 5.93. The van der Waals surface area contributed by atoms with Crippen molar-refractivity contribution < 1.29 is 14.1 Å². The zero-order chi connectivity index (χ0) is 28.4. The van der Waals surface area contributed by atoms with Crippen molar-refractivity contribution in [3.63, 3.8) is 0 Å². The number of hydrogen-bond acceptors (Lipinski definition) is 7. The number of piperidine rings is 1. The first-order valence-electron chi connectivity index (χ1n) is 14.8. The quantitative estimate of drug-likeness (QED) is 0.182. The van der Waals surface area contributed by atoms with Gasteiger partial charge in [0.05, 0.1) is 17.3 Å². The topological polar surface area (TPSA) is 117 Å². The summed E-state index contributed by atoms with van der Waals surface area (Å²) in [7, 11) is 2.15. The SMILES string of the molecule is Cc1ccc2cc(-c3c[nH]c([C@H](CCCCCC(=O)c4ccon4)NC(=O)[C@H]4CC45CCN(C)CC5)n3)ccc2n1. The average Bonchev–Trinajstić information content (AvgIpc) is 3.33. The van der Waals surface area contributed by atoms with Gasteiger partial charge in [-0.3, -0.25) is 14.6 Å². The highest BCUT2D eigenvalue weighted by Gasteiger charge is 2.58. The summed E-state index contributed by atoms with van der Waals surface area (Å²) < 4.78 is 4.78. The second kappa shape index (κ2) is 11.6. The summed E-state index contributed by atoms with van der Waals surface area (Å²) in [5.74, 6) is 1.000. The third kappa shape index (κ3) is 6.10. The lowest BCUT2D eigenvalue weighted by molar-refractivity contribution is -0.124. The van der Waals surface area contributed by atoms with Gasteiger partial charge in [0.15, 0.2) is 5.78 Å². The van der Waals surface area contributed by atoms with Gasteiger partial charge in [0.25, 0.3) is 0 Å². The van der Waals surface area contributed by atoms with Crippen LogP contribution in [0.15, 0.2) is 53.4 Å². The van der Waals surface area contributed by atoms with E-state index in [2.05, 4.69) is 44.5 Å². The van der Waals surface area contributed by atoms with Crippen LogP contribution in [-0.2, 0) is 4.79 Å². The van der Waals surface area contributed by atoms with Gasteiger partial charge in [0.1, 0.15) is 17.8 Å². The Balaban J connectivity index is 1.13. The minimum absolute atomic E-state index is 0.00261. The van der Waals surface area contributed by atoms with Crippen molar-refractivity contribution in [1.29, 1.82) is 0 Å². The maximum absolute atomic E-state index is 13.5.